The van der Waals surface area contributed by atoms with E-state index in [4.69, 9.17) is 9.15 Å². The van der Waals surface area contributed by atoms with Gasteiger partial charge < -0.3 is 19.0 Å². The number of fused-ring (bicyclic) bond motifs is 1. The molecule has 2 aromatic heterocycles. The number of rotatable bonds is 6. The summed E-state index contributed by atoms with van der Waals surface area (Å²) in [5.74, 6) is -0.348. The quantitative estimate of drug-likeness (QED) is 0.505. The van der Waals surface area contributed by atoms with Crippen LogP contribution in [-0.4, -0.2) is 41.7 Å². The number of nitrogens with one attached hydrogen (secondary N) is 1. The summed E-state index contributed by atoms with van der Waals surface area (Å²) in [4.78, 5) is 41.5. The fourth-order valence-electron chi connectivity index (χ4n) is 3.41. The van der Waals surface area contributed by atoms with Crippen molar-refractivity contribution in [1.29, 1.82) is 0 Å². The Hall–Kier alpha value is -3.35. The Balaban J connectivity index is 1.86. The van der Waals surface area contributed by atoms with E-state index < -0.39 is 5.97 Å². The van der Waals surface area contributed by atoms with Gasteiger partial charge in [0.15, 0.2) is 5.78 Å². The molecule has 0 spiro atoms. The third-order valence-electron chi connectivity index (χ3n) is 5.23. The summed E-state index contributed by atoms with van der Waals surface area (Å²) in [6.45, 7) is 4.94. The Kier molecular flexibility index (Phi) is 5.59. The average Bonchev–Trinajstić information content (AvgIpc) is 3.27. The van der Waals surface area contributed by atoms with Crippen molar-refractivity contribution in [3.63, 3.8) is 0 Å². The monoisotopic (exact) mass is 396 g/mol. The molecule has 0 saturated carbocycles. The van der Waals surface area contributed by atoms with Crippen molar-refractivity contribution in [2.75, 3.05) is 14.2 Å². The fourth-order valence-corrected chi connectivity index (χ4v) is 3.41. The van der Waals surface area contributed by atoms with E-state index in [0.717, 1.165) is 11.0 Å². The Morgan fingerprint density at radius 3 is 2.55 bits per heavy atom. The number of nitrogens with zero attached hydrogens (tertiary/aromatic N) is 1. The third kappa shape index (κ3) is 3.81. The lowest BCUT2D eigenvalue weighted by Gasteiger charge is -2.23. The topological polar surface area (TPSA) is 92.6 Å². The molecule has 0 fully saturated rings. The zero-order valence-electron chi connectivity index (χ0n) is 17.2. The Morgan fingerprint density at radius 2 is 1.93 bits per heavy atom. The first-order chi connectivity index (χ1) is 13.7. The number of likely N-dealkylation sites (N-methyl/N-ethyl adjacent to an activating group) is 1. The number of aromatic amines is 1. The van der Waals surface area contributed by atoms with Gasteiger partial charge in [0.1, 0.15) is 11.3 Å². The van der Waals surface area contributed by atoms with E-state index in [9.17, 15) is 14.4 Å². The van der Waals surface area contributed by atoms with Crippen molar-refractivity contribution < 1.29 is 23.5 Å². The number of Topliss-reactive ketones (excluding diaryl/α,β-unsaturated/α-hetero) is 1. The minimum Gasteiger partial charge on any atom is -0.465 e. The summed E-state index contributed by atoms with van der Waals surface area (Å²) in [5, 5.41) is 0.967. The molecular weight excluding hydrogens is 372 g/mol. The van der Waals surface area contributed by atoms with Crippen LogP contribution in [-0.2, 0) is 16.0 Å². The van der Waals surface area contributed by atoms with Crippen LogP contribution in [0.15, 0.2) is 34.7 Å². The molecule has 152 valence electrons. The van der Waals surface area contributed by atoms with Gasteiger partial charge in [-0.1, -0.05) is 18.2 Å². The van der Waals surface area contributed by atoms with Crippen molar-refractivity contribution in [3.8, 4) is 0 Å². The number of hydrogen-bond acceptors (Lipinski definition) is 5. The van der Waals surface area contributed by atoms with Crippen molar-refractivity contribution in [1.82, 2.24) is 9.88 Å². The van der Waals surface area contributed by atoms with E-state index >= 15 is 0 Å². The van der Waals surface area contributed by atoms with Gasteiger partial charge in [-0.2, -0.15) is 0 Å². The van der Waals surface area contributed by atoms with Crippen molar-refractivity contribution in [2.45, 2.75) is 33.2 Å². The highest BCUT2D eigenvalue weighted by molar-refractivity contribution is 6.01. The first-order valence-corrected chi connectivity index (χ1v) is 9.29. The Labute approximate surface area is 168 Å². The smallest absolute Gasteiger partial charge is 0.339 e. The van der Waals surface area contributed by atoms with Gasteiger partial charge in [0.05, 0.1) is 30.8 Å². The number of esters is 1. The summed E-state index contributed by atoms with van der Waals surface area (Å²) >= 11 is 0. The number of amides is 1. The molecule has 2 heterocycles. The van der Waals surface area contributed by atoms with E-state index in [1.807, 2.05) is 37.3 Å². The molecule has 3 rings (SSSR count). The first-order valence-electron chi connectivity index (χ1n) is 9.29. The van der Waals surface area contributed by atoms with Crippen LogP contribution in [0.2, 0.25) is 0 Å². The lowest BCUT2D eigenvalue weighted by Crippen LogP contribution is -2.31. The largest absolute Gasteiger partial charge is 0.465 e. The van der Waals surface area contributed by atoms with Gasteiger partial charge in [0, 0.05) is 25.1 Å². The van der Waals surface area contributed by atoms with E-state index in [0.29, 0.717) is 22.7 Å². The van der Waals surface area contributed by atoms with Crippen LogP contribution in [0.3, 0.4) is 0 Å². The minimum absolute atomic E-state index is 0.0698. The number of ether oxygens (including phenoxy) is 1. The number of hydrogen-bond donors (Lipinski definition) is 1. The Bertz CT molecular complexity index is 1060. The van der Waals surface area contributed by atoms with Crippen LogP contribution >= 0.6 is 0 Å². The normalized spacial score (nSPS) is 12.0. The number of H-pyrrole nitrogens is 1. The molecule has 7 heteroatoms. The van der Waals surface area contributed by atoms with Gasteiger partial charge in [-0.25, -0.2) is 4.79 Å². The highest BCUT2D eigenvalue weighted by Gasteiger charge is 2.27. The van der Waals surface area contributed by atoms with Gasteiger partial charge >= 0.3 is 5.97 Å². The van der Waals surface area contributed by atoms with E-state index in [2.05, 4.69) is 4.98 Å². The summed E-state index contributed by atoms with van der Waals surface area (Å²) in [6.07, 6.45) is -0.0698. The molecule has 29 heavy (non-hydrogen) atoms. The molecule has 0 aliphatic rings. The highest BCUT2D eigenvalue weighted by Crippen LogP contribution is 2.28. The predicted molar refractivity (Wildman–Crippen MR) is 108 cm³/mol. The standard InChI is InChI=1S/C22H24N2O5/c1-12-20(22(27)28-5)16(23-21(12)14(3)25)11-19(26)24(4)13(2)18-10-15-8-6-7-9-17(15)29-18/h6-10,13,23H,11H2,1-5H3. The molecule has 1 amide bonds. The van der Waals surface area contributed by atoms with Crippen LogP contribution in [0.4, 0.5) is 0 Å². The summed E-state index contributed by atoms with van der Waals surface area (Å²) in [5.41, 5.74) is 2.15. The molecule has 0 radical (unpaired) electrons. The second-order valence-corrected chi connectivity index (χ2v) is 7.07. The van der Waals surface area contributed by atoms with Crippen LogP contribution in [0.5, 0.6) is 0 Å². The molecule has 0 aliphatic heterocycles. The molecule has 0 bridgehead atoms. The molecule has 1 N–H and O–H groups in total. The lowest BCUT2D eigenvalue weighted by atomic mass is 10.1. The molecule has 0 aliphatic carbocycles. The second-order valence-electron chi connectivity index (χ2n) is 7.07. The van der Waals surface area contributed by atoms with Gasteiger partial charge in [0.2, 0.25) is 5.91 Å². The van der Waals surface area contributed by atoms with Crippen molar-refractivity contribution >= 4 is 28.6 Å². The molecule has 1 atom stereocenters. The van der Waals surface area contributed by atoms with Gasteiger partial charge in [-0.3, -0.25) is 9.59 Å². The molecule has 0 saturated heterocycles. The maximum absolute atomic E-state index is 12.9. The molecule has 3 aromatic rings. The van der Waals surface area contributed by atoms with Gasteiger partial charge in [-0.05, 0) is 31.5 Å². The zero-order valence-corrected chi connectivity index (χ0v) is 17.2. The number of aromatic nitrogens is 1. The van der Waals surface area contributed by atoms with E-state index in [-0.39, 0.29) is 29.7 Å². The van der Waals surface area contributed by atoms with Crippen molar-refractivity contribution in [3.05, 3.63) is 58.6 Å². The molecule has 7 nitrogen and oxygen atoms in total. The summed E-state index contributed by atoms with van der Waals surface area (Å²) in [7, 11) is 2.95. The van der Waals surface area contributed by atoms with Gasteiger partial charge in [0.25, 0.3) is 0 Å². The molecule has 1 unspecified atom stereocenters. The number of benzene rings is 1. The average molecular weight is 396 g/mol. The number of methoxy groups -OCH3 is 1. The zero-order chi connectivity index (χ0) is 21.3. The molecule has 1 aromatic carbocycles. The van der Waals surface area contributed by atoms with E-state index in [1.165, 1.54) is 14.0 Å². The van der Waals surface area contributed by atoms with E-state index in [1.54, 1.807) is 18.9 Å². The van der Waals surface area contributed by atoms with Gasteiger partial charge in [-0.15, -0.1) is 0 Å². The van der Waals surface area contributed by atoms with Crippen LogP contribution in [0.25, 0.3) is 11.0 Å². The SMILES string of the molecule is COC(=O)c1c(CC(=O)N(C)C(C)c2cc3ccccc3o2)[nH]c(C(C)=O)c1C. The maximum atomic E-state index is 12.9. The highest BCUT2D eigenvalue weighted by atomic mass is 16.5. The maximum Gasteiger partial charge on any atom is 0.339 e. The summed E-state index contributed by atoms with van der Waals surface area (Å²) < 4.78 is 10.7. The first kappa shape index (κ1) is 20.4. The van der Waals surface area contributed by atoms with Crippen LogP contribution < -0.4 is 0 Å². The predicted octanol–water partition coefficient (Wildman–Crippen LogP) is 3.82. The fraction of sp³-hybridized carbons (Fsp3) is 0.318. The second kappa shape index (κ2) is 7.95. The lowest BCUT2D eigenvalue weighted by molar-refractivity contribution is -0.131. The third-order valence-corrected chi connectivity index (χ3v) is 5.23. The van der Waals surface area contributed by atoms with Crippen LogP contribution in [0, 0.1) is 6.92 Å². The summed E-state index contributed by atoms with van der Waals surface area (Å²) in [6, 6.07) is 9.25. The Morgan fingerprint density at radius 1 is 1.24 bits per heavy atom. The van der Waals surface area contributed by atoms with Crippen LogP contribution in [0.1, 0.15) is 57.8 Å². The number of ketones is 1. The number of carbonyl (C=O) groups is 3. The number of carbonyl (C=O) groups excluding carboxylic acids is 3. The van der Waals surface area contributed by atoms with Crippen molar-refractivity contribution in [2.24, 2.45) is 0 Å². The number of furan rings is 1. The molecular formula is C22H24N2O5. The minimum atomic E-state index is -0.581. The number of para-hydroxylation sites is 1.